The lowest BCUT2D eigenvalue weighted by Crippen LogP contribution is -2.30. The zero-order chi connectivity index (χ0) is 64.2. The molecule has 0 bridgehead atoms. The van der Waals surface area contributed by atoms with Crippen LogP contribution in [0.2, 0.25) is 0 Å². The first-order valence-corrected chi connectivity index (χ1v) is 38.7. The van der Waals surface area contributed by atoms with Crippen molar-refractivity contribution in [3.8, 4) is 0 Å². The predicted molar refractivity (Wildman–Crippen MR) is 349 cm³/mol. The topological polar surface area (TPSA) is 237 Å². The van der Waals surface area contributed by atoms with Crippen molar-refractivity contribution >= 4 is 39.5 Å². The molecule has 17 nitrogen and oxygen atoms in total. The molecule has 0 radical (unpaired) electrons. The summed E-state index contributed by atoms with van der Waals surface area (Å²) < 4.78 is 68.1. The number of unbranched alkanes of at least 4 members (excludes halogenated alkanes) is 39. The smallest absolute Gasteiger partial charge is 0.462 e. The molecule has 0 amide bonds. The summed E-state index contributed by atoms with van der Waals surface area (Å²) in [6.45, 7) is 7.16. The van der Waals surface area contributed by atoms with Gasteiger partial charge in [-0.05, 0) is 31.6 Å². The monoisotopic (exact) mass is 1280 g/mol. The summed E-state index contributed by atoms with van der Waals surface area (Å²) in [6, 6.07) is 0. The fraction of sp³-hybridized carbons (Fsp3) is 0.941. The molecule has 516 valence electrons. The summed E-state index contributed by atoms with van der Waals surface area (Å²) in [6.07, 6.45) is 47.2. The number of esters is 4. The molecule has 0 heterocycles. The third-order valence-electron chi connectivity index (χ3n) is 16.1. The Morgan fingerprint density at radius 3 is 0.816 bits per heavy atom. The van der Waals surface area contributed by atoms with Gasteiger partial charge in [0.2, 0.25) is 0 Å². The summed E-state index contributed by atoms with van der Waals surface area (Å²) in [5.41, 5.74) is 0. The van der Waals surface area contributed by atoms with Crippen LogP contribution in [0, 0.1) is 5.92 Å². The van der Waals surface area contributed by atoms with E-state index in [4.69, 9.17) is 37.0 Å². The number of ether oxygens (including phenoxy) is 4. The van der Waals surface area contributed by atoms with Crippen molar-refractivity contribution < 1.29 is 80.2 Å². The molecule has 3 unspecified atom stereocenters. The Labute approximate surface area is 530 Å². The molecule has 19 heteroatoms. The highest BCUT2D eigenvalue weighted by molar-refractivity contribution is 7.47. The van der Waals surface area contributed by atoms with E-state index in [-0.39, 0.29) is 25.7 Å². The molecule has 0 saturated carbocycles. The minimum atomic E-state index is -4.95. The maximum absolute atomic E-state index is 13.0. The van der Waals surface area contributed by atoms with E-state index in [1.165, 1.54) is 173 Å². The van der Waals surface area contributed by atoms with Gasteiger partial charge in [-0.15, -0.1) is 0 Å². The van der Waals surface area contributed by atoms with Crippen molar-refractivity contribution in [3.05, 3.63) is 0 Å². The van der Waals surface area contributed by atoms with Gasteiger partial charge in [-0.2, -0.15) is 0 Å². The molecule has 0 aliphatic rings. The van der Waals surface area contributed by atoms with Crippen molar-refractivity contribution in [3.63, 3.8) is 0 Å². The Balaban J connectivity index is 5.21. The molecule has 0 fully saturated rings. The van der Waals surface area contributed by atoms with Crippen LogP contribution < -0.4 is 0 Å². The maximum atomic E-state index is 13.0. The number of carbonyl (C=O) groups excluding carboxylic acids is 4. The molecule has 0 aliphatic carbocycles. The van der Waals surface area contributed by atoms with Gasteiger partial charge in [0.1, 0.15) is 19.3 Å². The molecule has 6 atom stereocenters. The van der Waals surface area contributed by atoms with Crippen molar-refractivity contribution in [1.29, 1.82) is 0 Å². The van der Waals surface area contributed by atoms with Crippen LogP contribution in [0.25, 0.3) is 0 Å². The lowest BCUT2D eigenvalue weighted by Gasteiger charge is -2.21. The highest BCUT2D eigenvalue weighted by Crippen LogP contribution is 2.45. The molecule has 87 heavy (non-hydrogen) atoms. The minimum absolute atomic E-state index is 0.103. The third-order valence-corrected chi connectivity index (χ3v) is 18.0. The van der Waals surface area contributed by atoms with E-state index in [1.807, 2.05) is 0 Å². The van der Waals surface area contributed by atoms with Gasteiger partial charge in [0.05, 0.1) is 26.4 Å². The molecular weight excluding hydrogens is 1150 g/mol. The van der Waals surface area contributed by atoms with E-state index in [2.05, 4.69) is 34.6 Å². The second kappa shape index (κ2) is 61.6. The van der Waals surface area contributed by atoms with E-state index < -0.39 is 97.5 Å². The lowest BCUT2D eigenvalue weighted by atomic mass is 10.00. The standard InChI is InChI=1S/C68H132O17P2/c1-6-10-13-16-19-22-24-25-26-27-28-29-31-34-37-43-48-53-67(72)84-63(57-79-66(71)52-47-42-36-33-30-23-20-17-14-11-7-2)59-82-86(74,75)80-55-62(69)56-81-87(76,77)83-60-64(58-78-65(70)51-46-41-35-32-21-18-15-12-8-3)85-68(73)54-49-44-39-38-40-45-50-61(5)9-4/h61-64,69H,6-60H2,1-5H3,(H,74,75)(H,76,77)/t61?,62-,63-,64-/m1/s1. The normalized spacial score (nSPS) is 14.4. The first kappa shape index (κ1) is 85.1. The van der Waals surface area contributed by atoms with E-state index in [1.54, 1.807) is 0 Å². The Morgan fingerprint density at radius 2 is 0.552 bits per heavy atom. The number of hydrogen-bond acceptors (Lipinski definition) is 15. The molecule has 0 spiro atoms. The summed E-state index contributed by atoms with van der Waals surface area (Å²) in [4.78, 5) is 72.4. The Morgan fingerprint density at radius 1 is 0.322 bits per heavy atom. The van der Waals surface area contributed by atoms with E-state index in [0.29, 0.717) is 25.7 Å². The molecule has 0 saturated heterocycles. The van der Waals surface area contributed by atoms with Gasteiger partial charge in [0.15, 0.2) is 12.2 Å². The number of phosphoric ester groups is 2. The van der Waals surface area contributed by atoms with Crippen LogP contribution in [-0.2, 0) is 65.4 Å². The molecule has 0 aromatic carbocycles. The minimum Gasteiger partial charge on any atom is -0.462 e. The third kappa shape index (κ3) is 61.3. The molecular formula is C68H132O17P2. The summed E-state index contributed by atoms with van der Waals surface area (Å²) >= 11 is 0. The first-order chi connectivity index (χ1) is 42.1. The van der Waals surface area contributed by atoms with Crippen molar-refractivity contribution in [1.82, 2.24) is 0 Å². The number of aliphatic hydroxyl groups excluding tert-OH is 1. The molecule has 0 aromatic rings. The SMILES string of the molecule is CCCCCCCCCCCCCCCCCCCC(=O)O[C@H](COC(=O)CCCCCCCCCCCCC)COP(=O)(O)OC[C@@H](O)COP(=O)(O)OC[C@@H](COC(=O)CCCCCCCCCCC)OC(=O)CCCCCCCCC(C)CC. The molecule has 0 aromatic heterocycles. The van der Waals surface area contributed by atoms with Gasteiger partial charge < -0.3 is 33.8 Å². The lowest BCUT2D eigenvalue weighted by molar-refractivity contribution is -0.161. The number of aliphatic hydroxyl groups is 1. The highest BCUT2D eigenvalue weighted by Gasteiger charge is 2.30. The van der Waals surface area contributed by atoms with Gasteiger partial charge in [-0.3, -0.25) is 37.3 Å². The largest absolute Gasteiger partial charge is 0.472 e. The zero-order valence-corrected chi connectivity index (χ0v) is 57.9. The highest BCUT2D eigenvalue weighted by atomic mass is 31.2. The summed E-state index contributed by atoms with van der Waals surface area (Å²) in [7, 11) is -9.89. The number of rotatable bonds is 68. The zero-order valence-electron chi connectivity index (χ0n) is 56.2. The van der Waals surface area contributed by atoms with Gasteiger partial charge in [-0.25, -0.2) is 9.13 Å². The van der Waals surface area contributed by atoms with Crippen LogP contribution >= 0.6 is 15.6 Å². The Bertz CT molecular complexity index is 1690. The molecule has 3 N–H and O–H groups in total. The predicted octanol–water partition coefficient (Wildman–Crippen LogP) is 19.4. The average Bonchev–Trinajstić information content (AvgIpc) is 3.64. The van der Waals surface area contributed by atoms with E-state index in [9.17, 15) is 43.2 Å². The van der Waals surface area contributed by atoms with Crippen LogP contribution in [0.15, 0.2) is 0 Å². The number of hydrogen-bond donors (Lipinski definition) is 3. The van der Waals surface area contributed by atoms with Gasteiger partial charge >= 0.3 is 39.5 Å². The van der Waals surface area contributed by atoms with Crippen LogP contribution in [0.4, 0.5) is 0 Å². The Hall–Kier alpha value is -1.94. The van der Waals surface area contributed by atoms with Crippen LogP contribution in [0.3, 0.4) is 0 Å². The van der Waals surface area contributed by atoms with Crippen LogP contribution in [0.5, 0.6) is 0 Å². The van der Waals surface area contributed by atoms with Crippen molar-refractivity contribution in [2.24, 2.45) is 5.92 Å². The van der Waals surface area contributed by atoms with Crippen molar-refractivity contribution in [2.75, 3.05) is 39.6 Å². The molecule has 0 aliphatic heterocycles. The van der Waals surface area contributed by atoms with Gasteiger partial charge in [-0.1, -0.05) is 298 Å². The van der Waals surface area contributed by atoms with Gasteiger partial charge in [0, 0.05) is 25.7 Å². The molecule has 0 rings (SSSR count). The van der Waals surface area contributed by atoms with Crippen molar-refractivity contribution in [2.45, 2.75) is 368 Å². The van der Waals surface area contributed by atoms with Gasteiger partial charge in [0.25, 0.3) is 0 Å². The fourth-order valence-corrected chi connectivity index (χ4v) is 11.8. The second-order valence-electron chi connectivity index (χ2n) is 24.8. The first-order valence-electron chi connectivity index (χ1n) is 35.7. The van der Waals surface area contributed by atoms with E-state index >= 15 is 0 Å². The quantitative estimate of drug-likeness (QED) is 0.0222. The van der Waals surface area contributed by atoms with E-state index in [0.717, 1.165) is 95.8 Å². The Kier molecular flexibility index (Phi) is 60.2. The summed E-state index contributed by atoms with van der Waals surface area (Å²) in [5, 5.41) is 10.6. The fourth-order valence-electron chi connectivity index (χ4n) is 10.3. The number of carbonyl (C=O) groups is 4. The van der Waals surface area contributed by atoms with Crippen LogP contribution in [-0.4, -0.2) is 96.7 Å². The number of phosphoric acid groups is 2. The average molecular weight is 1280 g/mol. The van der Waals surface area contributed by atoms with Crippen LogP contribution in [0.1, 0.15) is 349 Å². The second-order valence-corrected chi connectivity index (χ2v) is 27.7. The summed E-state index contributed by atoms with van der Waals surface area (Å²) in [5.74, 6) is -1.41. The maximum Gasteiger partial charge on any atom is 0.472 e.